The minimum Gasteiger partial charge on any atom is -0.454 e. The molecule has 3 atom stereocenters. The molecule has 164 valence electrons. The molecule has 2 fully saturated rings. The molecule has 0 radical (unpaired) electrons. The first-order chi connectivity index (χ1) is 15.8. The van der Waals surface area contributed by atoms with Crippen molar-refractivity contribution >= 4 is 23.0 Å². The van der Waals surface area contributed by atoms with Gasteiger partial charge in [0.2, 0.25) is 6.79 Å². The lowest BCUT2D eigenvalue weighted by Gasteiger charge is -2.29. The lowest BCUT2D eigenvalue weighted by molar-refractivity contribution is 0.0961. The van der Waals surface area contributed by atoms with Gasteiger partial charge in [0.15, 0.2) is 16.6 Å². The number of thiocarbonyl (C=S) groups is 1. The number of aromatic nitrogens is 2. The number of pyridine rings is 1. The van der Waals surface area contributed by atoms with Crippen molar-refractivity contribution in [1.29, 1.82) is 0 Å². The van der Waals surface area contributed by atoms with Gasteiger partial charge in [0.05, 0.1) is 17.8 Å². The third-order valence-electron chi connectivity index (χ3n) is 6.32. The standard InChI is InChI=1S/C24H24N4O3S/c32-24-26-22(18-6-1-2-10-25-18)23(19-7-3-11-27(19)14-17-5-4-12-29-17)28(24)16-8-9-20-21(13-16)31-15-30-20/h1-3,6-11,13,17,22-23H,4-5,12,14-15H2,(H,26,32). The summed E-state index contributed by atoms with van der Waals surface area (Å²) in [4.78, 5) is 6.81. The van der Waals surface area contributed by atoms with E-state index in [4.69, 9.17) is 26.4 Å². The Balaban J connectivity index is 1.43. The molecular weight excluding hydrogens is 424 g/mol. The third kappa shape index (κ3) is 3.40. The fraction of sp³-hybridized carbons (Fsp3) is 0.333. The van der Waals surface area contributed by atoms with E-state index < -0.39 is 0 Å². The van der Waals surface area contributed by atoms with E-state index in [9.17, 15) is 0 Å². The summed E-state index contributed by atoms with van der Waals surface area (Å²) in [6.45, 7) is 1.91. The van der Waals surface area contributed by atoms with Gasteiger partial charge >= 0.3 is 0 Å². The smallest absolute Gasteiger partial charge is 0.231 e. The summed E-state index contributed by atoms with van der Waals surface area (Å²) in [6.07, 6.45) is 6.41. The number of nitrogens with zero attached hydrogens (tertiary/aromatic N) is 3. The number of anilines is 1. The molecule has 3 aromatic rings. The van der Waals surface area contributed by atoms with E-state index in [1.807, 2.05) is 42.6 Å². The van der Waals surface area contributed by atoms with Crippen molar-refractivity contribution in [2.75, 3.05) is 18.3 Å². The van der Waals surface area contributed by atoms with E-state index >= 15 is 0 Å². The fourth-order valence-corrected chi connectivity index (χ4v) is 5.18. The Morgan fingerprint density at radius 1 is 1.09 bits per heavy atom. The van der Waals surface area contributed by atoms with Gasteiger partial charge in [0.25, 0.3) is 0 Å². The summed E-state index contributed by atoms with van der Waals surface area (Å²) < 4.78 is 19.4. The van der Waals surface area contributed by atoms with Crippen molar-refractivity contribution in [3.63, 3.8) is 0 Å². The number of rotatable bonds is 5. The zero-order valence-electron chi connectivity index (χ0n) is 17.5. The second-order valence-corrected chi connectivity index (χ2v) is 8.64. The van der Waals surface area contributed by atoms with Crippen LogP contribution in [0.3, 0.4) is 0 Å². The number of nitrogens with one attached hydrogen (secondary N) is 1. The van der Waals surface area contributed by atoms with Crippen molar-refractivity contribution in [2.24, 2.45) is 0 Å². The third-order valence-corrected chi connectivity index (χ3v) is 6.64. The molecule has 0 bridgehead atoms. The Kier molecular flexibility index (Phi) is 4.96. The fourth-order valence-electron chi connectivity index (χ4n) is 4.84. The normalized spacial score (nSPS) is 24.2. The zero-order chi connectivity index (χ0) is 21.5. The summed E-state index contributed by atoms with van der Waals surface area (Å²) in [5, 5.41) is 4.19. The molecule has 0 aliphatic carbocycles. The van der Waals surface area contributed by atoms with E-state index in [0.717, 1.165) is 48.9 Å². The Labute approximate surface area is 191 Å². The molecule has 6 rings (SSSR count). The lowest BCUT2D eigenvalue weighted by Crippen LogP contribution is -2.31. The SMILES string of the molecule is S=C1NC(c2ccccn2)C(c2cccn2CC2CCCO2)N1c1ccc2c(c1)OCO2. The number of hydrogen-bond donors (Lipinski definition) is 1. The molecule has 32 heavy (non-hydrogen) atoms. The molecule has 1 aromatic carbocycles. The first kappa shape index (κ1) is 19.6. The van der Waals surface area contributed by atoms with Gasteiger partial charge in [0, 0.05) is 43.0 Å². The number of fused-ring (bicyclic) bond motifs is 1. The Morgan fingerprint density at radius 3 is 2.88 bits per heavy atom. The second-order valence-electron chi connectivity index (χ2n) is 8.25. The van der Waals surface area contributed by atoms with Crippen LogP contribution in [-0.4, -0.2) is 34.2 Å². The van der Waals surface area contributed by atoms with Crippen molar-refractivity contribution in [3.05, 3.63) is 72.3 Å². The van der Waals surface area contributed by atoms with Crippen LogP contribution in [0.2, 0.25) is 0 Å². The second kappa shape index (κ2) is 8.11. The van der Waals surface area contributed by atoms with Crippen molar-refractivity contribution in [2.45, 2.75) is 37.6 Å². The highest BCUT2D eigenvalue weighted by Crippen LogP contribution is 2.44. The average molecular weight is 449 g/mol. The molecule has 3 aliphatic heterocycles. The van der Waals surface area contributed by atoms with E-state index in [1.165, 1.54) is 5.69 Å². The minimum atomic E-state index is -0.0905. The molecule has 0 amide bonds. The van der Waals surface area contributed by atoms with Crippen LogP contribution in [0.4, 0.5) is 5.69 Å². The maximum atomic E-state index is 5.92. The molecular formula is C24H24N4O3S. The first-order valence-electron chi connectivity index (χ1n) is 10.9. The molecule has 1 N–H and O–H groups in total. The predicted molar refractivity (Wildman–Crippen MR) is 124 cm³/mol. The van der Waals surface area contributed by atoms with Crippen LogP contribution in [0.1, 0.15) is 36.3 Å². The van der Waals surface area contributed by atoms with Crippen molar-refractivity contribution in [1.82, 2.24) is 14.9 Å². The molecule has 0 saturated carbocycles. The highest BCUT2D eigenvalue weighted by Gasteiger charge is 2.42. The summed E-state index contributed by atoms with van der Waals surface area (Å²) in [5.74, 6) is 1.49. The van der Waals surface area contributed by atoms with Gasteiger partial charge in [-0.05, 0) is 61.5 Å². The highest BCUT2D eigenvalue weighted by molar-refractivity contribution is 7.80. The monoisotopic (exact) mass is 448 g/mol. The molecule has 5 heterocycles. The Hall–Kier alpha value is -3.10. The van der Waals surface area contributed by atoms with Crippen LogP contribution in [0, 0.1) is 0 Å². The largest absolute Gasteiger partial charge is 0.454 e. The average Bonchev–Trinajstić information content (AvgIpc) is 3.61. The molecule has 2 aromatic heterocycles. The topological polar surface area (TPSA) is 60.8 Å². The number of ether oxygens (including phenoxy) is 3. The number of benzene rings is 1. The summed E-state index contributed by atoms with van der Waals surface area (Å²) in [6, 6.07) is 16.1. The molecule has 7 nitrogen and oxygen atoms in total. The number of hydrogen-bond acceptors (Lipinski definition) is 5. The van der Waals surface area contributed by atoms with E-state index in [-0.39, 0.29) is 25.0 Å². The predicted octanol–water partition coefficient (Wildman–Crippen LogP) is 3.97. The Bertz CT molecular complexity index is 1130. The minimum absolute atomic E-state index is 0.0748. The first-order valence-corrected chi connectivity index (χ1v) is 11.4. The van der Waals surface area contributed by atoms with Gasteiger partial charge in [0.1, 0.15) is 6.04 Å². The van der Waals surface area contributed by atoms with Gasteiger partial charge < -0.3 is 29.0 Å². The molecule has 3 aliphatic rings. The summed E-state index contributed by atoms with van der Waals surface area (Å²) in [7, 11) is 0. The van der Waals surface area contributed by atoms with E-state index in [0.29, 0.717) is 5.11 Å². The van der Waals surface area contributed by atoms with Crippen molar-refractivity contribution < 1.29 is 14.2 Å². The van der Waals surface area contributed by atoms with Gasteiger partial charge in [-0.25, -0.2) is 0 Å². The van der Waals surface area contributed by atoms with Gasteiger partial charge in [-0.15, -0.1) is 0 Å². The molecule has 8 heteroatoms. The van der Waals surface area contributed by atoms with Crippen LogP contribution < -0.4 is 19.7 Å². The van der Waals surface area contributed by atoms with Crippen LogP contribution in [0.15, 0.2) is 60.9 Å². The summed E-state index contributed by atoms with van der Waals surface area (Å²) in [5.41, 5.74) is 3.08. The van der Waals surface area contributed by atoms with Crippen LogP contribution in [-0.2, 0) is 11.3 Å². The van der Waals surface area contributed by atoms with Crippen LogP contribution in [0.25, 0.3) is 0 Å². The van der Waals surface area contributed by atoms with Crippen LogP contribution in [0.5, 0.6) is 11.5 Å². The molecule has 0 spiro atoms. The molecule has 2 saturated heterocycles. The van der Waals surface area contributed by atoms with Crippen molar-refractivity contribution in [3.8, 4) is 11.5 Å². The maximum Gasteiger partial charge on any atom is 0.231 e. The maximum absolute atomic E-state index is 5.92. The lowest BCUT2D eigenvalue weighted by atomic mass is 10.0. The van der Waals surface area contributed by atoms with Gasteiger partial charge in [-0.2, -0.15) is 0 Å². The van der Waals surface area contributed by atoms with Gasteiger partial charge in [-0.1, -0.05) is 6.07 Å². The van der Waals surface area contributed by atoms with Crippen LogP contribution >= 0.6 is 12.2 Å². The molecule has 3 unspecified atom stereocenters. The quantitative estimate of drug-likeness (QED) is 0.593. The van der Waals surface area contributed by atoms with Gasteiger partial charge in [-0.3, -0.25) is 4.98 Å². The Morgan fingerprint density at radius 2 is 2.03 bits per heavy atom. The zero-order valence-corrected chi connectivity index (χ0v) is 18.3. The van der Waals surface area contributed by atoms with E-state index in [1.54, 1.807) is 0 Å². The van der Waals surface area contributed by atoms with E-state index in [2.05, 4.69) is 38.1 Å². The highest BCUT2D eigenvalue weighted by atomic mass is 32.1. The summed E-state index contributed by atoms with van der Waals surface area (Å²) >= 11 is 5.85.